The second-order valence-corrected chi connectivity index (χ2v) is 7.61. The predicted molar refractivity (Wildman–Crippen MR) is 106 cm³/mol. The van der Waals surface area contributed by atoms with E-state index in [0.717, 1.165) is 17.7 Å². The van der Waals surface area contributed by atoms with Gasteiger partial charge in [0, 0.05) is 24.5 Å². The number of amides is 1. The minimum atomic E-state index is -0.391. The second-order valence-electron chi connectivity index (χ2n) is 7.20. The standard InChI is InChI=1S/C22H18ClN3O2/c23-19-11-15(20-12-24-8-9-25-20)5-6-17(19)21(27)26-10-7-22(14-26)18-4-2-1-3-16(18)13-28-22/h1-6,8-9,11-12H,7,10,13-14H2/t22-/m0/s1. The Hall–Kier alpha value is -2.76. The molecule has 3 aromatic rings. The Balaban J connectivity index is 1.39. The molecule has 1 spiro atoms. The molecule has 6 heteroatoms. The molecule has 140 valence electrons. The number of carbonyl (C=O) groups excluding carboxylic acids is 1. The number of benzene rings is 2. The van der Waals surface area contributed by atoms with Crippen molar-refractivity contribution in [3.05, 3.63) is 82.8 Å². The van der Waals surface area contributed by atoms with E-state index in [4.69, 9.17) is 16.3 Å². The van der Waals surface area contributed by atoms with Crippen molar-refractivity contribution in [2.45, 2.75) is 18.6 Å². The lowest BCUT2D eigenvalue weighted by molar-refractivity contribution is -0.0282. The van der Waals surface area contributed by atoms with Gasteiger partial charge in [0.25, 0.3) is 5.91 Å². The molecule has 0 saturated carbocycles. The summed E-state index contributed by atoms with van der Waals surface area (Å²) in [4.78, 5) is 23.3. The van der Waals surface area contributed by atoms with Crippen LogP contribution >= 0.6 is 11.6 Å². The fourth-order valence-electron chi connectivity index (χ4n) is 4.14. The van der Waals surface area contributed by atoms with Crippen LogP contribution in [0.3, 0.4) is 0 Å². The molecule has 0 unspecified atom stereocenters. The van der Waals surface area contributed by atoms with Crippen LogP contribution in [-0.2, 0) is 16.9 Å². The molecular weight excluding hydrogens is 374 g/mol. The van der Waals surface area contributed by atoms with Crippen LogP contribution in [0.1, 0.15) is 27.9 Å². The number of rotatable bonds is 2. The van der Waals surface area contributed by atoms with Gasteiger partial charge < -0.3 is 9.64 Å². The molecule has 0 radical (unpaired) electrons. The highest BCUT2D eigenvalue weighted by Gasteiger charge is 2.46. The van der Waals surface area contributed by atoms with Gasteiger partial charge in [0.2, 0.25) is 0 Å². The summed E-state index contributed by atoms with van der Waals surface area (Å²) < 4.78 is 6.15. The quantitative estimate of drug-likeness (QED) is 0.660. The van der Waals surface area contributed by atoms with Gasteiger partial charge >= 0.3 is 0 Å². The summed E-state index contributed by atoms with van der Waals surface area (Å²) in [5.74, 6) is -0.0689. The highest BCUT2D eigenvalue weighted by molar-refractivity contribution is 6.34. The van der Waals surface area contributed by atoms with E-state index < -0.39 is 5.60 Å². The van der Waals surface area contributed by atoms with Gasteiger partial charge in [-0.25, -0.2) is 0 Å². The zero-order valence-electron chi connectivity index (χ0n) is 15.1. The normalized spacial score (nSPS) is 20.5. The van der Waals surface area contributed by atoms with E-state index >= 15 is 0 Å². The second kappa shape index (κ2) is 6.69. The first-order valence-electron chi connectivity index (χ1n) is 9.24. The Morgan fingerprint density at radius 1 is 1.18 bits per heavy atom. The highest BCUT2D eigenvalue weighted by atomic mass is 35.5. The summed E-state index contributed by atoms with van der Waals surface area (Å²) in [7, 11) is 0. The van der Waals surface area contributed by atoms with Gasteiger partial charge in [-0.15, -0.1) is 0 Å². The summed E-state index contributed by atoms with van der Waals surface area (Å²) in [5, 5.41) is 0.418. The maximum Gasteiger partial charge on any atom is 0.255 e. The molecule has 1 aromatic heterocycles. The molecular formula is C22H18ClN3O2. The van der Waals surface area contributed by atoms with E-state index in [1.165, 1.54) is 11.1 Å². The molecule has 1 saturated heterocycles. The number of fused-ring (bicyclic) bond motifs is 2. The summed E-state index contributed by atoms with van der Waals surface area (Å²) in [6.07, 6.45) is 5.72. The molecule has 2 aliphatic rings. The maximum atomic E-state index is 13.1. The smallest absolute Gasteiger partial charge is 0.255 e. The number of likely N-dealkylation sites (tertiary alicyclic amines) is 1. The number of ether oxygens (including phenoxy) is 1. The first kappa shape index (κ1) is 17.3. The first-order chi connectivity index (χ1) is 13.7. The van der Waals surface area contributed by atoms with Crippen LogP contribution in [0, 0.1) is 0 Å². The maximum absolute atomic E-state index is 13.1. The number of nitrogens with zero attached hydrogens (tertiary/aromatic N) is 3. The number of aromatic nitrogens is 2. The highest BCUT2D eigenvalue weighted by Crippen LogP contribution is 2.43. The van der Waals surface area contributed by atoms with Crippen molar-refractivity contribution in [3.63, 3.8) is 0 Å². The third-order valence-corrected chi connectivity index (χ3v) is 5.90. The van der Waals surface area contributed by atoms with Crippen molar-refractivity contribution in [2.24, 2.45) is 0 Å². The SMILES string of the molecule is O=C(c1ccc(-c2cnccn2)cc1Cl)N1CC[C@@]2(C1)OCc1ccccc12. The Labute approximate surface area is 168 Å². The van der Waals surface area contributed by atoms with E-state index in [-0.39, 0.29) is 5.91 Å². The number of carbonyl (C=O) groups is 1. The minimum absolute atomic E-state index is 0.0689. The van der Waals surface area contributed by atoms with E-state index in [0.29, 0.717) is 30.3 Å². The molecule has 0 N–H and O–H groups in total. The molecule has 1 atom stereocenters. The molecule has 5 nitrogen and oxygen atoms in total. The summed E-state index contributed by atoms with van der Waals surface area (Å²) >= 11 is 6.46. The summed E-state index contributed by atoms with van der Waals surface area (Å²) in [6, 6.07) is 13.7. The number of hydrogen-bond donors (Lipinski definition) is 0. The molecule has 28 heavy (non-hydrogen) atoms. The molecule has 2 aromatic carbocycles. The minimum Gasteiger partial charge on any atom is -0.364 e. The average Bonchev–Trinajstić information content (AvgIpc) is 3.34. The Kier molecular flexibility index (Phi) is 4.14. The third-order valence-electron chi connectivity index (χ3n) is 5.59. The third kappa shape index (κ3) is 2.79. The Morgan fingerprint density at radius 3 is 2.89 bits per heavy atom. The Bertz CT molecular complexity index is 1060. The lowest BCUT2D eigenvalue weighted by Crippen LogP contribution is -2.34. The zero-order valence-corrected chi connectivity index (χ0v) is 15.9. The van der Waals surface area contributed by atoms with Crippen LogP contribution in [0.5, 0.6) is 0 Å². The van der Waals surface area contributed by atoms with Crippen molar-refractivity contribution in [2.75, 3.05) is 13.1 Å². The summed E-state index contributed by atoms with van der Waals surface area (Å²) in [5.41, 5.74) is 4.08. The van der Waals surface area contributed by atoms with E-state index in [1.54, 1.807) is 30.7 Å². The topological polar surface area (TPSA) is 55.3 Å². The lowest BCUT2D eigenvalue weighted by Gasteiger charge is -2.25. The van der Waals surface area contributed by atoms with Crippen LogP contribution in [0.4, 0.5) is 0 Å². The van der Waals surface area contributed by atoms with Crippen LogP contribution in [0.15, 0.2) is 61.1 Å². The van der Waals surface area contributed by atoms with Crippen molar-refractivity contribution in [1.82, 2.24) is 14.9 Å². The largest absolute Gasteiger partial charge is 0.364 e. The molecule has 0 bridgehead atoms. The monoisotopic (exact) mass is 391 g/mol. The first-order valence-corrected chi connectivity index (χ1v) is 9.62. The van der Waals surface area contributed by atoms with Gasteiger partial charge in [0.05, 0.1) is 35.6 Å². The Morgan fingerprint density at radius 2 is 2.07 bits per heavy atom. The summed E-state index contributed by atoms with van der Waals surface area (Å²) in [6.45, 7) is 1.80. The number of hydrogen-bond acceptors (Lipinski definition) is 4. The van der Waals surface area contributed by atoms with Crippen LogP contribution < -0.4 is 0 Å². The van der Waals surface area contributed by atoms with Crippen molar-refractivity contribution >= 4 is 17.5 Å². The zero-order chi connectivity index (χ0) is 19.1. The van der Waals surface area contributed by atoms with Crippen molar-refractivity contribution < 1.29 is 9.53 Å². The number of halogens is 1. The lowest BCUT2D eigenvalue weighted by atomic mass is 9.92. The molecule has 0 aliphatic carbocycles. The van der Waals surface area contributed by atoms with Crippen LogP contribution in [0.2, 0.25) is 5.02 Å². The predicted octanol–water partition coefficient (Wildman–Crippen LogP) is 4.07. The van der Waals surface area contributed by atoms with E-state index in [2.05, 4.69) is 22.1 Å². The van der Waals surface area contributed by atoms with E-state index in [9.17, 15) is 4.79 Å². The molecule has 3 heterocycles. The fourth-order valence-corrected chi connectivity index (χ4v) is 4.41. The van der Waals surface area contributed by atoms with E-state index in [1.807, 2.05) is 23.1 Å². The van der Waals surface area contributed by atoms with Crippen LogP contribution in [-0.4, -0.2) is 33.9 Å². The van der Waals surface area contributed by atoms with Gasteiger partial charge in [-0.3, -0.25) is 14.8 Å². The van der Waals surface area contributed by atoms with Gasteiger partial charge in [0.1, 0.15) is 5.60 Å². The molecule has 1 amide bonds. The molecule has 1 fully saturated rings. The van der Waals surface area contributed by atoms with Crippen LogP contribution in [0.25, 0.3) is 11.3 Å². The molecule has 5 rings (SSSR count). The van der Waals surface area contributed by atoms with Gasteiger partial charge in [0.15, 0.2) is 0 Å². The molecule has 2 aliphatic heterocycles. The van der Waals surface area contributed by atoms with Gasteiger partial charge in [-0.05, 0) is 29.7 Å². The van der Waals surface area contributed by atoms with Gasteiger partial charge in [-0.2, -0.15) is 0 Å². The van der Waals surface area contributed by atoms with Crippen molar-refractivity contribution in [1.29, 1.82) is 0 Å². The van der Waals surface area contributed by atoms with Gasteiger partial charge in [-0.1, -0.05) is 41.9 Å². The average molecular weight is 392 g/mol. The fraction of sp³-hybridized carbons (Fsp3) is 0.227. The van der Waals surface area contributed by atoms with Crippen molar-refractivity contribution in [3.8, 4) is 11.3 Å².